The van der Waals surface area contributed by atoms with Crippen molar-refractivity contribution >= 4 is 40.2 Å². The Morgan fingerprint density at radius 3 is 2.43 bits per heavy atom. The number of nitrogens with zero attached hydrogens (tertiary/aromatic N) is 4. The third-order valence-corrected chi connectivity index (χ3v) is 17.8. The predicted octanol–water partition coefficient (Wildman–Crippen LogP) is 5.35. The Kier molecular flexibility index (Phi) is 9.71. The van der Waals surface area contributed by atoms with Gasteiger partial charge in [-0.3, -0.25) is 19.4 Å². The number of fused-ring (bicyclic) bond motifs is 6. The average Bonchev–Trinajstić information content (AvgIpc) is 3.56. The molecule has 2 N–H and O–H groups in total. The van der Waals surface area contributed by atoms with Crippen molar-refractivity contribution in [3.8, 4) is 5.75 Å². The quantitative estimate of drug-likeness (QED) is 0.130. The van der Waals surface area contributed by atoms with E-state index in [0.29, 0.717) is 69.5 Å². The maximum Gasteiger partial charge on any atom is 0.347 e. The largest absolute Gasteiger partial charge is 0.496 e. The summed E-state index contributed by atoms with van der Waals surface area (Å²) in [6, 6.07) is 10.6. The molecule has 1 aliphatic carbocycles. The minimum absolute atomic E-state index is 0.0877. The van der Waals surface area contributed by atoms with Crippen molar-refractivity contribution in [3.63, 3.8) is 0 Å². The van der Waals surface area contributed by atoms with Crippen molar-refractivity contribution in [2.45, 2.75) is 118 Å². The number of carbonyl (C=O) groups excluding carboxylic acids is 3. The summed E-state index contributed by atoms with van der Waals surface area (Å²) in [5.74, 6) is -1.07. The lowest BCUT2D eigenvalue weighted by Crippen LogP contribution is -2.75. The Morgan fingerprint density at radius 1 is 0.938 bits per heavy atom. The lowest BCUT2D eigenvalue weighted by atomic mass is 9.49. The summed E-state index contributed by atoms with van der Waals surface area (Å²) in [6.45, 7) is 11.0. The van der Waals surface area contributed by atoms with Crippen LogP contribution in [0.5, 0.6) is 5.75 Å². The first-order valence-corrected chi connectivity index (χ1v) is 24.1. The van der Waals surface area contributed by atoms with E-state index in [4.69, 9.17) is 23.7 Å². The highest BCUT2D eigenvalue weighted by atomic mass is 16.7. The van der Waals surface area contributed by atoms with Gasteiger partial charge >= 0.3 is 17.9 Å². The molecule has 8 heterocycles. The van der Waals surface area contributed by atoms with Crippen LogP contribution in [0.15, 0.2) is 42.5 Å². The molecule has 14 heteroatoms. The van der Waals surface area contributed by atoms with Crippen LogP contribution in [0.4, 0.5) is 11.4 Å². The zero-order valence-electron chi connectivity index (χ0n) is 39.1. The van der Waals surface area contributed by atoms with Crippen LogP contribution in [0.3, 0.4) is 0 Å². The Bertz CT molecular complexity index is 2520. The van der Waals surface area contributed by atoms with Gasteiger partial charge in [0.2, 0.25) is 0 Å². The summed E-state index contributed by atoms with van der Waals surface area (Å²) in [4.78, 5) is 56.8. The van der Waals surface area contributed by atoms with Gasteiger partial charge in [0, 0.05) is 104 Å². The molecule has 2 spiro atoms. The minimum Gasteiger partial charge on any atom is -0.496 e. The third-order valence-electron chi connectivity index (χ3n) is 17.8. The fourth-order valence-electron chi connectivity index (χ4n) is 15.3. The van der Waals surface area contributed by atoms with Gasteiger partial charge in [-0.25, -0.2) is 4.79 Å². The average molecular weight is 892 g/mol. The minimum atomic E-state index is -1.66. The van der Waals surface area contributed by atoms with Crippen LogP contribution in [0, 0.1) is 11.3 Å². The van der Waals surface area contributed by atoms with Crippen LogP contribution in [0.2, 0.25) is 0 Å². The third kappa shape index (κ3) is 5.34. The number of piperidine rings is 2. The highest BCUT2D eigenvalue weighted by molar-refractivity contribution is 5.97. The van der Waals surface area contributed by atoms with Crippen molar-refractivity contribution < 1.29 is 43.2 Å². The number of aromatic nitrogens is 1. The monoisotopic (exact) mass is 891 g/mol. The number of esters is 3. The van der Waals surface area contributed by atoms with Crippen LogP contribution in [-0.4, -0.2) is 141 Å². The molecule has 10 atom stereocenters. The number of epoxide rings is 1. The van der Waals surface area contributed by atoms with Gasteiger partial charge in [-0.2, -0.15) is 0 Å². The van der Waals surface area contributed by atoms with Crippen molar-refractivity contribution in [2.75, 3.05) is 84.0 Å². The maximum absolute atomic E-state index is 15.7. The van der Waals surface area contributed by atoms with Crippen LogP contribution in [0.1, 0.15) is 94.5 Å². The van der Waals surface area contributed by atoms with E-state index in [1.807, 2.05) is 20.0 Å². The number of rotatable bonds is 8. The summed E-state index contributed by atoms with van der Waals surface area (Å²) in [7, 11) is 6.44. The summed E-state index contributed by atoms with van der Waals surface area (Å²) in [5.41, 5.74) is -0.542. The van der Waals surface area contributed by atoms with E-state index in [-0.39, 0.29) is 12.0 Å². The van der Waals surface area contributed by atoms with E-state index in [0.717, 1.165) is 72.4 Å². The summed E-state index contributed by atoms with van der Waals surface area (Å²) in [6.07, 6.45) is 10.2. The predicted molar refractivity (Wildman–Crippen MR) is 244 cm³/mol. The molecule has 1 aromatic heterocycles. The van der Waals surface area contributed by atoms with Gasteiger partial charge in [0.05, 0.1) is 32.3 Å². The van der Waals surface area contributed by atoms with Gasteiger partial charge < -0.3 is 43.6 Å². The van der Waals surface area contributed by atoms with Crippen LogP contribution in [0.25, 0.3) is 10.9 Å². The lowest BCUT2D eigenvalue weighted by Gasteiger charge is -2.58. The maximum atomic E-state index is 15.7. The molecule has 8 aliphatic rings. The Hall–Kier alpha value is -4.63. The molecule has 0 amide bonds. The molecule has 5 fully saturated rings. The van der Waals surface area contributed by atoms with Crippen LogP contribution >= 0.6 is 0 Å². The topological polar surface area (TPSA) is 150 Å². The number of benzene rings is 2. The van der Waals surface area contributed by atoms with Gasteiger partial charge in [0.1, 0.15) is 11.2 Å². The number of H-pyrrole nitrogens is 1. The molecule has 348 valence electrons. The number of likely N-dealkylation sites (N-methyl/N-ethyl adjacent to an activating group) is 1. The summed E-state index contributed by atoms with van der Waals surface area (Å²) >= 11 is 0. The first-order valence-electron chi connectivity index (χ1n) is 24.1. The molecular weight excluding hydrogens is 827 g/mol. The van der Waals surface area contributed by atoms with E-state index in [9.17, 15) is 14.7 Å². The molecular formula is C51H65N5O9. The van der Waals surface area contributed by atoms with Gasteiger partial charge in [-0.15, -0.1) is 0 Å². The summed E-state index contributed by atoms with van der Waals surface area (Å²) < 4.78 is 31.8. The smallest absolute Gasteiger partial charge is 0.347 e. The highest BCUT2D eigenvalue weighted by Crippen LogP contribution is 2.80. The molecule has 3 aromatic rings. The number of aliphatic hydroxyl groups is 1. The molecule has 14 nitrogen and oxygen atoms in total. The fourth-order valence-corrected chi connectivity index (χ4v) is 15.3. The molecule has 65 heavy (non-hydrogen) atoms. The number of carbonyl (C=O) groups is 3. The second kappa shape index (κ2) is 14.7. The van der Waals surface area contributed by atoms with E-state index >= 15 is 4.79 Å². The second-order valence-electron chi connectivity index (χ2n) is 20.6. The number of ether oxygens (including phenoxy) is 5. The first kappa shape index (κ1) is 43.0. The van der Waals surface area contributed by atoms with Crippen molar-refractivity contribution in [1.82, 2.24) is 14.8 Å². The zero-order chi connectivity index (χ0) is 45.5. The Balaban J connectivity index is 1.20. The van der Waals surface area contributed by atoms with Gasteiger partial charge in [0.25, 0.3) is 5.60 Å². The number of hydrogen-bond donors (Lipinski definition) is 2. The molecule has 7 aliphatic heterocycles. The molecule has 2 aromatic carbocycles. The second-order valence-corrected chi connectivity index (χ2v) is 20.6. The number of anilines is 2. The number of hydrogen-bond acceptors (Lipinski definition) is 13. The molecule has 2 bridgehead atoms. The molecule has 1 unspecified atom stereocenters. The van der Waals surface area contributed by atoms with Crippen molar-refractivity contribution in [3.05, 3.63) is 64.9 Å². The molecule has 1 saturated carbocycles. The molecule has 0 radical (unpaired) electrons. The van der Waals surface area contributed by atoms with E-state index in [1.165, 1.54) is 33.3 Å². The van der Waals surface area contributed by atoms with Crippen LogP contribution < -0.4 is 14.5 Å². The number of nitrogens with one attached hydrogen (secondary N) is 1. The highest BCUT2D eigenvalue weighted by Gasteiger charge is 2.98. The molecule has 11 rings (SSSR count). The van der Waals surface area contributed by atoms with Crippen molar-refractivity contribution in [1.29, 1.82) is 0 Å². The lowest BCUT2D eigenvalue weighted by molar-refractivity contribution is -0.178. The van der Waals surface area contributed by atoms with Crippen molar-refractivity contribution in [2.24, 2.45) is 11.3 Å². The van der Waals surface area contributed by atoms with Crippen LogP contribution in [-0.2, 0) is 50.6 Å². The molecule has 4 saturated heterocycles. The Labute approximate surface area is 381 Å². The number of aromatic amines is 1. The fraction of sp³-hybridized carbons (Fsp3) is 0.627. The van der Waals surface area contributed by atoms with E-state index in [2.05, 4.69) is 67.9 Å². The zero-order valence-corrected chi connectivity index (χ0v) is 39.1. The first-order chi connectivity index (χ1) is 31.3. The van der Waals surface area contributed by atoms with Gasteiger partial charge in [-0.05, 0) is 106 Å². The standard InChI is InChI=1S/C51H65N5O9/c1-8-46(60)27-32-28-48(44(58)62-6,41-34(16-22-54(29-32)30-46)35-24-33(14-15-38(35)52-41)55-19-11-10-12-20-55)37-25-36-39(26-40(37)61-5)53(4)51-49(36)18-23-56-21-13-17-47(9-2,42(49)56)43(64-31(3)57)50(51,65-51)45(59)63-7/h13-15,17,24-26,32,42-43,52,60H,8-12,16,18-23,27-30H2,1-7H3/t32-,42+,43-,46+,47-,48+,49-,50+,51+/m1/s1. The SMILES string of the molecule is CC[C@]1(O)C[C@H]2CN(CCc3c([nH]c4ccc(N5CCCCC5)cc34)[C@@](C(=O)OC)(c3cc4c(cc3OC)N(C)[C@@]35O[C@]3(C(=O)OC)[C@H](OC(C)=O)[C@]3(CC)C=CCN6CC[C@]45[C@@H]63)C2)C1. The van der Waals surface area contributed by atoms with E-state index in [1.54, 1.807) is 7.11 Å². The van der Waals surface area contributed by atoms with Gasteiger partial charge in [0.15, 0.2) is 11.8 Å². The normalized spacial score (nSPS) is 37.7. The number of methoxy groups -OCH3 is 3. The summed E-state index contributed by atoms with van der Waals surface area (Å²) in [5, 5.41) is 13.3. The Morgan fingerprint density at radius 2 is 1.72 bits per heavy atom. The van der Waals surface area contributed by atoms with E-state index < -0.39 is 57.2 Å². The van der Waals surface area contributed by atoms with Gasteiger partial charge in [-0.1, -0.05) is 26.0 Å².